The van der Waals surface area contributed by atoms with Gasteiger partial charge in [-0.05, 0) is 19.4 Å². The van der Waals surface area contributed by atoms with Crippen LogP contribution in [0.25, 0.3) is 0 Å². The van der Waals surface area contributed by atoms with Gasteiger partial charge < -0.3 is 10.1 Å². The molecular formula is C17H18ClF3N6O4. The molecule has 1 atom stereocenters. The van der Waals surface area contributed by atoms with Gasteiger partial charge in [0, 0.05) is 19.2 Å². The normalized spacial score (nSPS) is 12.0. The Balaban J connectivity index is 2.40. The Morgan fingerprint density at radius 1 is 1.42 bits per heavy atom. The summed E-state index contributed by atoms with van der Waals surface area (Å²) in [7, 11) is 0. The number of carbonyl (C=O) groups is 3. The molecule has 0 aliphatic carbocycles. The molecule has 0 saturated carbocycles. The Bertz CT molecular complexity index is 872. The Hall–Kier alpha value is -3.40. The lowest BCUT2D eigenvalue weighted by Crippen LogP contribution is -2.36. The van der Waals surface area contributed by atoms with Gasteiger partial charge in [0.2, 0.25) is 5.91 Å². The molecule has 0 bridgehead atoms. The number of pyridine rings is 1. The largest absolute Gasteiger partial charge is 0.450 e. The highest BCUT2D eigenvalue weighted by atomic mass is 35.5. The summed E-state index contributed by atoms with van der Waals surface area (Å²) in [6.45, 7) is 1.75. The number of alkyl halides is 3. The summed E-state index contributed by atoms with van der Waals surface area (Å²) in [6, 6.07) is 2.33. The molecule has 3 N–H and O–H groups in total. The first kappa shape index (κ1) is 25.6. The summed E-state index contributed by atoms with van der Waals surface area (Å²) in [5.74, 6) is -2.91. The number of carbonyl (C=O) groups excluding carboxylic acids is 3. The molecule has 0 aliphatic heterocycles. The Morgan fingerprint density at radius 2 is 2.13 bits per heavy atom. The van der Waals surface area contributed by atoms with Crippen molar-refractivity contribution in [2.24, 2.45) is 11.0 Å². The quantitative estimate of drug-likeness (QED) is 0.290. The van der Waals surface area contributed by atoms with Crippen molar-refractivity contribution in [1.82, 2.24) is 15.7 Å². The van der Waals surface area contributed by atoms with Gasteiger partial charge in [0.1, 0.15) is 5.82 Å². The topological polar surface area (TPSA) is 146 Å². The summed E-state index contributed by atoms with van der Waals surface area (Å²) in [6.07, 6.45) is -3.87. The first-order valence-electron chi connectivity index (χ1n) is 8.74. The van der Waals surface area contributed by atoms with Crippen LogP contribution in [0.15, 0.2) is 17.4 Å². The first-order valence-corrected chi connectivity index (χ1v) is 9.12. The van der Waals surface area contributed by atoms with E-state index in [2.05, 4.69) is 25.6 Å². The number of halogens is 4. The van der Waals surface area contributed by atoms with Gasteiger partial charge in [-0.2, -0.15) is 23.5 Å². The molecule has 1 heterocycles. The molecule has 0 spiro atoms. The van der Waals surface area contributed by atoms with Crippen LogP contribution in [0.2, 0.25) is 5.02 Å². The molecular weight excluding hydrogens is 445 g/mol. The minimum absolute atomic E-state index is 0.0329. The summed E-state index contributed by atoms with van der Waals surface area (Å²) < 4.78 is 42.2. The van der Waals surface area contributed by atoms with Crippen molar-refractivity contribution in [1.29, 1.82) is 5.26 Å². The lowest BCUT2D eigenvalue weighted by atomic mass is 10.2. The average Bonchev–Trinajstić information content (AvgIpc) is 2.68. The number of hydrogen-bond donors (Lipinski definition) is 3. The van der Waals surface area contributed by atoms with Crippen LogP contribution >= 0.6 is 11.6 Å². The minimum atomic E-state index is -4.56. The molecule has 1 aromatic heterocycles. The Labute approximate surface area is 179 Å². The second-order valence-electron chi connectivity index (χ2n) is 5.71. The van der Waals surface area contributed by atoms with E-state index in [1.54, 1.807) is 6.07 Å². The van der Waals surface area contributed by atoms with Crippen molar-refractivity contribution in [3.8, 4) is 6.07 Å². The van der Waals surface area contributed by atoms with Crippen LogP contribution in [0, 0.1) is 17.2 Å². The third kappa shape index (κ3) is 9.30. The fourth-order valence-electron chi connectivity index (χ4n) is 1.92. The molecule has 0 radical (unpaired) electrons. The highest BCUT2D eigenvalue weighted by molar-refractivity contribution is 6.32. The lowest BCUT2D eigenvalue weighted by molar-refractivity contribution is -0.137. The van der Waals surface area contributed by atoms with Gasteiger partial charge in [-0.1, -0.05) is 11.6 Å². The van der Waals surface area contributed by atoms with Gasteiger partial charge in [0.25, 0.3) is 5.91 Å². The SMILES string of the molecule is CCOC(=O)NC(=O)C(C#N)/C=N\NC(=O)CCCNc1ncc(C(F)(F)F)cc1Cl. The molecule has 0 aliphatic rings. The molecule has 14 heteroatoms. The zero-order valence-electron chi connectivity index (χ0n) is 16.1. The predicted molar refractivity (Wildman–Crippen MR) is 103 cm³/mol. The van der Waals surface area contributed by atoms with E-state index in [-0.39, 0.29) is 36.8 Å². The van der Waals surface area contributed by atoms with Crippen LogP contribution < -0.4 is 16.1 Å². The number of nitrogens with one attached hydrogen (secondary N) is 3. The van der Waals surface area contributed by atoms with Crippen LogP contribution in [-0.2, 0) is 20.5 Å². The van der Waals surface area contributed by atoms with E-state index in [0.717, 1.165) is 12.3 Å². The highest BCUT2D eigenvalue weighted by Gasteiger charge is 2.31. The van der Waals surface area contributed by atoms with E-state index in [1.807, 2.05) is 5.32 Å². The number of anilines is 1. The van der Waals surface area contributed by atoms with Gasteiger partial charge in [0.05, 0.1) is 29.5 Å². The number of alkyl carbamates (subject to hydrolysis) is 1. The third-order valence-corrected chi connectivity index (χ3v) is 3.66. The van der Waals surface area contributed by atoms with Crippen LogP contribution in [0.5, 0.6) is 0 Å². The number of amides is 3. The van der Waals surface area contributed by atoms with Gasteiger partial charge in [-0.15, -0.1) is 0 Å². The summed E-state index contributed by atoms with van der Waals surface area (Å²) in [5, 5.41) is 16.7. The number of nitrogens with zero attached hydrogens (tertiary/aromatic N) is 3. The lowest BCUT2D eigenvalue weighted by Gasteiger charge is -2.10. The molecule has 10 nitrogen and oxygen atoms in total. The molecule has 1 unspecified atom stereocenters. The third-order valence-electron chi connectivity index (χ3n) is 3.38. The van der Waals surface area contributed by atoms with Crippen molar-refractivity contribution >= 4 is 41.5 Å². The van der Waals surface area contributed by atoms with Crippen molar-refractivity contribution in [2.45, 2.75) is 25.9 Å². The Morgan fingerprint density at radius 3 is 2.71 bits per heavy atom. The maximum Gasteiger partial charge on any atom is 0.417 e. The smallest absolute Gasteiger partial charge is 0.417 e. The summed E-state index contributed by atoms with van der Waals surface area (Å²) >= 11 is 5.75. The number of hydrogen-bond acceptors (Lipinski definition) is 8. The number of imide groups is 1. The van der Waals surface area contributed by atoms with E-state index in [1.165, 1.54) is 6.92 Å². The van der Waals surface area contributed by atoms with E-state index in [0.29, 0.717) is 6.20 Å². The number of ether oxygens (including phenoxy) is 1. The van der Waals surface area contributed by atoms with Gasteiger partial charge in [-0.25, -0.2) is 15.2 Å². The molecule has 1 aromatic rings. The zero-order valence-corrected chi connectivity index (χ0v) is 16.9. The van der Waals surface area contributed by atoms with Gasteiger partial charge >= 0.3 is 12.3 Å². The molecule has 0 aromatic carbocycles. The number of aromatic nitrogens is 1. The minimum Gasteiger partial charge on any atom is -0.450 e. The standard InChI is InChI=1S/C17H18ClF3N6O4/c1-2-31-16(30)26-15(29)10(7-22)8-25-27-13(28)4-3-5-23-14-12(18)6-11(9-24-14)17(19,20)21/h6,8-10H,2-5H2,1H3,(H,23,24)(H,27,28)(H,26,29,30)/b25-8-. The summed E-state index contributed by atoms with van der Waals surface area (Å²) in [4.78, 5) is 38.1. The molecule has 1 rings (SSSR count). The maximum atomic E-state index is 12.6. The van der Waals surface area contributed by atoms with E-state index < -0.39 is 35.6 Å². The molecule has 168 valence electrons. The van der Waals surface area contributed by atoms with Crippen LogP contribution in [0.4, 0.5) is 23.8 Å². The fraction of sp³-hybridized carbons (Fsp3) is 0.412. The van der Waals surface area contributed by atoms with Crippen molar-refractivity contribution in [2.75, 3.05) is 18.5 Å². The van der Waals surface area contributed by atoms with Crippen molar-refractivity contribution < 1.29 is 32.3 Å². The number of hydrazone groups is 1. The number of rotatable bonds is 9. The molecule has 0 saturated heterocycles. The first-order chi connectivity index (χ1) is 14.6. The van der Waals surface area contributed by atoms with Crippen LogP contribution in [-0.4, -0.2) is 42.3 Å². The fourth-order valence-corrected chi connectivity index (χ4v) is 2.16. The van der Waals surface area contributed by atoms with Crippen LogP contribution in [0.3, 0.4) is 0 Å². The van der Waals surface area contributed by atoms with Gasteiger partial charge in [0.15, 0.2) is 5.92 Å². The monoisotopic (exact) mass is 462 g/mol. The van der Waals surface area contributed by atoms with Crippen molar-refractivity contribution in [3.63, 3.8) is 0 Å². The molecule has 31 heavy (non-hydrogen) atoms. The maximum absolute atomic E-state index is 12.6. The van der Waals surface area contributed by atoms with Crippen LogP contribution in [0.1, 0.15) is 25.3 Å². The van der Waals surface area contributed by atoms with E-state index in [4.69, 9.17) is 16.9 Å². The van der Waals surface area contributed by atoms with Gasteiger partial charge in [-0.3, -0.25) is 14.9 Å². The summed E-state index contributed by atoms with van der Waals surface area (Å²) in [5.41, 5.74) is 1.12. The highest BCUT2D eigenvalue weighted by Crippen LogP contribution is 2.32. The molecule has 0 fully saturated rings. The average molecular weight is 463 g/mol. The zero-order chi connectivity index (χ0) is 23.4. The van der Waals surface area contributed by atoms with E-state index >= 15 is 0 Å². The van der Waals surface area contributed by atoms with E-state index in [9.17, 15) is 27.6 Å². The Kier molecular flexibility index (Phi) is 10.2. The predicted octanol–water partition coefficient (Wildman–Crippen LogP) is 2.46. The van der Waals surface area contributed by atoms with Crippen molar-refractivity contribution in [3.05, 3.63) is 22.8 Å². The second-order valence-corrected chi connectivity index (χ2v) is 6.12. The number of nitriles is 1. The molecule has 3 amide bonds. The second kappa shape index (κ2) is 12.3.